The first-order chi connectivity index (χ1) is 8.74. The number of nitrogens with one attached hydrogen (secondary N) is 1. The molecule has 0 aromatic rings. The number of nitrogens with zero attached hydrogens (tertiary/aromatic N) is 1. The fourth-order valence-corrected chi connectivity index (χ4v) is 1.78. The molecule has 1 N–H and O–H groups in total. The summed E-state index contributed by atoms with van der Waals surface area (Å²) in [5.74, 6) is 0. The third-order valence-corrected chi connectivity index (χ3v) is 3.12. The molecule has 0 aromatic heterocycles. The average molecular weight is 260 g/mol. The maximum absolute atomic E-state index is 5.42. The first kappa shape index (κ1) is 17.8. The normalized spacial score (nSPS) is 13.2. The molecule has 110 valence electrons. The first-order valence-electron chi connectivity index (χ1n) is 7.29. The van der Waals surface area contributed by atoms with Gasteiger partial charge in [-0.3, -0.25) is 4.90 Å². The second-order valence-electron chi connectivity index (χ2n) is 4.57. The van der Waals surface area contributed by atoms with Crippen molar-refractivity contribution in [2.75, 3.05) is 53.1 Å². The highest BCUT2D eigenvalue weighted by Gasteiger charge is 2.06. The topological polar surface area (TPSA) is 33.7 Å². The number of hydrogen-bond donors (Lipinski definition) is 1. The molecule has 0 aliphatic carbocycles. The SMILES string of the molecule is CCOCCN(CCCC(C)NC)CCOCC. The van der Waals surface area contributed by atoms with Crippen LogP contribution in [0, 0.1) is 0 Å². The van der Waals surface area contributed by atoms with Gasteiger partial charge in [0.15, 0.2) is 0 Å². The monoisotopic (exact) mass is 260 g/mol. The molecular formula is C14H32N2O2. The summed E-state index contributed by atoms with van der Waals surface area (Å²) >= 11 is 0. The molecule has 1 atom stereocenters. The van der Waals surface area contributed by atoms with E-state index in [4.69, 9.17) is 9.47 Å². The molecule has 0 bridgehead atoms. The molecule has 0 aliphatic heterocycles. The predicted octanol–water partition coefficient (Wildman–Crippen LogP) is 1.75. The summed E-state index contributed by atoms with van der Waals surface area (Å²) < 4.78 is 10.8. The predicted molar refractivity (Wildman–Crippen MR) is 77.2 cm³/mol. The molecule has 0 rings (SSSR count). The van der Waals surface area contributed by atoms with Crippen molar-refractivity contribution in [2.24, 2.45) is 0 Å². The van der Waals surface area contributed by atoms with E-state index < -0.39 is 0 Å². The molecule has 0 saturated carbocycles. The maximum Gasteiger partial charge on any atom is 0.0593 e. The van der Waals surface area contributed by atoms with Crippen LogP contribution >= 0.6 is 0 Å². The summed E-state index contributed by atoms with van der Waals surface area (Å²) in [5.41, 5.74) is 0. The molecule has 1 unspecified atom stereocenters. The Morgan fingerprint density at radius 2 is 1.56 bits per heavy atom. The van der Waals surface area contributed by atoms with Gasteiger partial charge in [-0.2, -0.15) is 0 Å². The summed E-state index contributed by atoms with van der Waals surface area (Å²) in [6.07, 6.45) is 2.44. The molecular weight excluding hydrogens is 228 g/mol. The van der Waals surface area contributed by atoms with Gasteiger partial charge in [-0.1, -0.05) is 0 Å². The van der Waals surface area contributed by atoms with Gasteiger partial charge in [0.25, 0.3) is 0 Å². The number of hydrogen-bond acceptors (Lipinski definition) is 4. The van der Waals surface area contributed by atoms with Gasteiger partial charge in [-0.15, -0.1) is 0 Å². The molecule has 0 aromatic carbocycles. The lowest BCUT2D eigenvalue weighted by Gasteiger charge is -2.22. The van der Waals surface area contributed by atoms with Crippen LogP contribution in [0.3, 0.4) is 0 Å². The van der Waals surface area contributed by atoms with Crippen LogP contribution in [0.5, 0.6) is 0 Å². The Labute approximate surface area is 113 Å². The van der Waals surface area contributed by atoms with Gasteiger partial charge in [0.05, 0.1) is 13.2 Å². The van der Waals surface area contributed by atoms with Crippen molar-refractivity contribution in [1.82, 2.24) is 10.2 Å². The van der Waals surface area contributed by atoms with Crippen LogP contribution in [-0.2, 0) is 9.47 Å². The van der Waals surface area contributed by atoms with Crippen LogP contribution in [0.1, 0.15) is 33.6 Å². The fraction of sp³-hybridized carbons (Fsp3) is 1.00. The lowest BCUT2D eigenvalue weighted by molar-refractivity contribution is 0.0818. The van der Waals surface area contributed by atoms with Crippen LogP contribution in [0.25, 0.3) is 0 Å². The van der Waals surface area contributed by atoms with E-state index in [0.717, 1.165) is 46.1 Å². The van der Waals surface area contributed by atoms with Gasteiger partial charge in [-0.05, 0) is 47.2 Å². The van der Waals surface area contributed by atoms with E-state index >= 15 is 0 Å². The summed E-state index contributed by atoms with van der Waals surface area (Å²) in [6.45, 7) is 12.7. The molecule has 0 saturated heterocycles. The Morgan fingerprint density at radius 3 is 2.00 bits per heavy atom. The van der Waals surface area contributed by atoms with Crippen LogP contribution in [-0.4, -0.2) is 64.1 Å². The second-order valence-corrected chi connectivity index (χ2v) is 4.57. The fourth-order valence-electron chi connectivity index (χ4n) is 1.78. The van der Waals surface area contributed by atoms with Crippen LogP contribution in [0.2, 0.25) is 0 Å². The lowest BCUT2D eigenvalue weighted by atomic mass is 10.2. The Balaban J connectivity index is 3.73. The quantitative estimate of drug-likeness (QED) is 0.512. The number of ether oxygens (including phenoxy) is 2. The summed E-state index contributed by atoms with van der Waals surface area (Å²) in [5, 5.41) is 3.28. The summed E-state index contributed by atoms with van der Waals surface area (Å²) in [6, 6.07) is 0.602. The summed E-state index contributed by atoms with van der Waals surface area (Å²) in [7, 11) is 2.02. The molecule has 0 amide bonds. The van der Waals surface area contributed by atoms with E-state index in [-0.39, 0.29) is 0 Å². The van der Waals surface area contributed by atoms with Crippen LogP contribution in [0.4, 0.5) is 0 Å². The third-order valence-electron chi connectivity index (χ3n) is 3.12. The van der Waals surface area contributed by atoms with Crippen molar-refractivity contribution < 1.29 is 9.47 Å². The van der Waals surface area contributed by atoms with Crippen molar-refractivity contribution >= 4 is 0 Å². The van der Waals surface area contributed by atoms with Crippen molar-refractivity contribution in [3.05, 3.63) is 0 Å². The lowest BCUT2D eigenvalue weighted by Crippen LogP contribution is -2.33. The van der Waals surface area contributed by atoms with E-state index in [1.165, 1.54) is 12.8 Å². The zero-order chi connectivity index (χ0) is 13.6. The standard InChI is InChI=1S/C14H32N2O2/c1-5-17-12-10-16(11-13-18-6-2)9-7-8-14(3)15-4/h14-15H,5-13H2,1-4H3. The minimum Gasteiger partial charge on any atom is -0.380 e. The van der Waals surface area contributed by atoms with E-state index in [1.54, 1.807) is 0 Å². The summed E-state index contributed by atoms with van der Waals surface area (Å²) in [4.78, 5) is 2.44. The molecule has 0 aliphatic rings. The molecule has 0 heterocycles. The molecule has 0 spiro atoms. The Hall–Kier alpha value is -0.160. The molecule has 18 heavy (non-hydrogen) atoms. The van der Waals surface area contributed by atoms with Crippen molar-refractivity contribution in [2.45, 2.75) is 39.7 Å². The zero-order valence-corrected chi connectivity index (χ0v) is 12.7. The van der Waals surface area contributed by atoms with Crippen LogP contribution in [0.15, 0.2) is 0 Å². The Morgan fingerprint density at radius 1 is 1.00 bits per heavy atom. The van der Waals surface area contributed by atoms with Crippen molar-refractivity contribution in [3.8, 4) is 0 Å². The van der Waals surface area contributed by atoms with E-state index in [1.807, 2.05) is 20.9 Å². The zero-order valence-electron chi connectivity index (χ0n) is 12.7. The van der Waals surface area contributed by atoms with Crippen molar-refractivity contribution in [3.63, 3.8) is 0 Å². The average Bonchev–Trinajstić information content (AvgIpc) is 2.38. The third kappa shape index (κ3) is 11.0. The van der Waals surface area contributed by atoms with Gasteiger partial charge < -0.3 is 14.8 Å². The second kappa shape index (κ2) is 13.3. The highest BCUT2D eigenvalue weighted by Crippen LogP contribution is 1.99. The van der Waals surface area contributed by atoms with Crippen LogP contribution < -0.4 is 5.32 Å². The Bertz CT molecular complexity index is 158. The minimum absolute atomic E-state index is 0.602. The highest BCUT2D eigenvalue weighted by atomic mass is 16.5. The smallest absolute Gasteiger partial charge is 0.0593 e. The largest absolute Gasteiger partial charge is 0.380 e. The van der Waals surface area contributed by atoms with E-state index in [9.17, 15) is 0 Å². The minimum atomic E-state index is 0.602. The van der Waals surface area contributed by atoms with Gasteiger partial charge in [0.2, 0.25) is 0 Å². The maximum atomic E-state index is 5.42. The Kier molecular flexibility index (Phi) is 13.2. The highest BCUT2D eigenvalue weighted by molar-refractivity contribution is 4.62. The molecule has 4 heteroatoms. The molecule has 0 fully saturated rings. The van der Waals surface area contributed by atoms with Gasteiger partial charge in [0, 0.05) is 32.3 Å². The van der Waals surface area contributed by atoms with Crippen molar-refractivity contribution in [1.29, 1.82) is 0 Å². The van der Waals surface area contributed by atoms with Gasteiger partial charge in [0.1, 0.15) is 0 Å². The van der Waals surface area contributed by atoms with Gasteiger partial charge >= 0.3 is 0 Å². The van der Waals surface area contributed by atoms with E-state index in [0.29, 0.717) is 6.04 Å². The molecule has 4 nitrogen and oxygen atoms in total. The first-order valence-corrected chi connectivity index (χ1v) is 7.29. The molecule has 0 radical (unpaired) electrons. The van der Waals surface area contributed by atoms with Gasteiger partial charge in [-0.25, -0.2) is 0 Å². The number of rotatable bonds is 13. The van der Waals surface area contributed by atoms with E-state index in [2.05, 4.69) is 17.1 Å².